The Morgan fingerprint density at radius 2 is 1.48 bits per heavy atom. The van der Waals surface area contributed by atoms with Gasteiger partial charge in [-0.25, -0.2) is 4.79 Å². The minimum atomic E-state index is -0.535. The average Bonchev–Trinajstić information content (AvgIpc) is 3.17. The molecule has 130 valence electrons. The van der Waals surface area contributed by atoms with Gasteiger partial charge in [0.2, 0.25) is 5.89 Å². The van der Waals surface area contributed by atoms with E-state index in [1.165, 1.54) is 0 Å². The maximum atomic E-state index is 12.5. The van der Waals surface area contributed by atoms with Crippen LogP contribution in [-0.4, -0.2) is 10.2 Å². The number of fused-ring (bicyclic) bond motifs is 3. The number of aromatic nitrogens is 2. The zero-order valence-corrected chi connectivity index (χ0v) is 14.6. The molecule has 0 saturated heterocycles. The van der Waals surface area contributed by atoms with E-state index in [9.17, 15) is 4.79 Å². The van der Waals surface area contributed by atoms with Crippen LogP contribution in [0.2, 0.25) is 5.02 Å². The summed E-state index contributed by atoms with van der Waals surface area (Å²) in [7, 11) is 0. The summed E-state index contributed by atoms with van der Waals surface area (Å²) in [5.41, 5.74) is 0.790. The lowest BCUT2D eigenvalue weighted by Gasteiger charge is -2.03. The van der Waals surface area contributed by atoms with Crippen LogP contribution < -0.4 is 5.63 Å². The summed E-state index contributed by atoms with van der Waals surface area (Å²) < 4.78 is 11.2. The molecule has 0 atom stereocenters. The van der Waals surface area contributed by atoms with E-state index in [0.717, 1.165) is 16.2 Å². The largest absolute Gasteiger partial charge is 0.422 e. The van der Waals surface area contributed by atoms with Crippen molar-refractivity contribution in [3.63, 3.8) is 0 Å². The monoisotopic (exact) mass is 374 g/mol. The molecule has 0 spiro atoms. The van der Waals surface area contributed by atoms with Gasteiger partial charge in [0.05, 0.1) is 10.6 Å². The molecule has 2 heterocycles. The van der Waals surface area contributed by atoms with E-state index < -0.39 is 5.63 Å². The number of hydrogen-bond donors (Lipinski definition) is 0. The Morgan fingerprint density at radius 3 is 2.33 bits per heavy atom. The minimum Gasteiger partial charge on any atom is -0.422 e. The van der Waals surface area contributed by atoms with Gasteiger partial charge in [-0.15, -0.1) is 10.2 Å². The first-order chi connectivity index (χ1) is 13.2. The number of hydrogen-bond acceptors (Lipinski definition) is 5. The van der Waals surface area contributed by atoms with Crippen molar-refractivity contribution < 1.29 is 8.83 Å². The van der Waals surface area contributed by atoms with E-state index >= 15 is 0 Å². The molecule has 0 N–H and O–H groups in total. The Hall–Kier alpha value is -3.44. The van der Waals surface area contributed by atoms with Crippen molar-refractivity contribution in [1.29, 1.82) is 0 Å². The smallest absolute Gasteiger partial charge is 0.349 e. The van der Waals surface area contributed by atoms with Crippen molar-refractivity contribution in [1.82, 2.24) is 10.2 Å². The average molecular weight is 375 g/mol. The summed E-state index contributed by atoms with van der Waals surface area (Å²) in [6.45, 7) is 0. The molecular formula is C21H11ClN2O3. The van der Waals surface area contributed by atoms with Gasteiger partial charge >= 0.3 is 5.63 Å². The molecule has 0 bridgehead atoms. The molecule has 0 aliphatic carbocycles. The maximum Gasteiger partial charge on any atom is 0.349 e. The van der Waals surface area contributed by atoms with E-state index in [0.29, 0.717) is 16.2 Å². The molecule has 5 rings (SSSR count). The summed E-state index contributed by atoms with van der Waals surface area (Å²) in [6, 6.07) is 20.5. The van der Waals surface area contributed by atoms with Gasteiger partial charge in [0, 0.05) is 5.39 Å². The second kappa shape index (κ2) is 6.07. The zero-order chi connectivity index (χ0) is 18.4. The molecule has 0 saturated carbocycles. The fraction of sp³-hybridized carbons (Fsp3) is 0. The summed E-state index contributed by atoms with van der Waals surface area (Å²) in [5, 5.41) is 11.4. The van der Waals surface area contributed by atoms with Gasteiger partial charge in [-0.3, -0.25) is 0 Å². The van der Waals surface area contributed by atoms with Crippen LogP contribution in [0, 0.1) is 0 Å². The third-order valence-corrected chi connectivity index (χ3v) is 4.73. The van der Waals surface area contributed by atoms with Gasteiger partial charge in [0.15, 0.2) is 0 Å². The van der Waals surface area contributed by atoms with Crippen LogP contribution in [0.4, 0.5) is 0 Å². The van der Waals surface area contributed by atoms with Crippen LogP contribution >= 0.6 is 11.6 Å². The third kappa shape index (κ3) is 2.60. The van der Waals surface area contributed by atoms with E-state index in [1.807, 2.05) is 42.5 Å². The van der Waals surface area contributed by atoms with Crippen LogP contribution in [0.5, 0.6) is 0 Å². The Morgan fingerprint density at radius 1 is 0.741 bits per heavy atom. The highest BCUT2D eigenvalue weighted by Crippen LogP contribution is 2.30. The van der Waals surface area contributed by atoms with Crippen LogP contribution in [0.15, 0.2) is 80.4 Å². The van der Waals surface area contributed by atoms with E-state index in [1.54, 1.807) is 24.3 Å². The first kappa shape index (κ1) is 15.8. The quantitative estimate of drug-likeness (QED) is 0.309. The van der Waals surface area contributed by atoms with Crippen molar-refractivity contribution in [2.75, 3.05) is 0 Å². The molecule has 0 unspecified atom stereocenters. The Labute approximate surface area is 157 Å². The van der Waals surface area contributed by atoms with Crippen molar-refractivity contribution in [2.24, 2.45) is 0 Å². The van der Waals surface area contributed by atoms with E-state index in [-0.39, 0.29) is 17.3 Å². The standard InChI is InChI=1S/C21H11ClN2O3/c22-17-8-4-3-7-14(17)19-23-24-20(27-19)16-11-15-13-6-2-1-5-12(13)9-10-18(15)26-21(16)25/h1-11H. The molecule has 2 aromatic heterocycles. The second-order valence-electron chi connectivity index (χ2n) is 6.04. The van der Waals surface area contributed by atoms with Gasteiger partial charge in [0.1, 0.15) is 11.1 Å². The zero-order valence-electron chi connectivity index (χ0n) is 13.8. The summed E-state index contributed by atoms with van der Waals surface area (Å²) >= 11 is 6.18. The van der Waals surface area contributed by atoms with Gasteiger partial charge in [0.25, 0.3) is 5.89 Å². The summed E-state index contributed by atoms with van der Waals surface area (Å²) in [4.78, 5) is 12.5. The number of benzene rings is 3. The van der Waals surface area contributed by atoms with Gasteiger partial charge in [-0.05, 0) is 35.0 Å². The normalized spacial score (nSPS) is 11.3. The minimum absolute atomic E-state index is 0.0912. The van der Waals surface area contributed by atoms with Gasteiger partial charge in [-0.2, -0.15) is 0 Å². The van der Waals surface area contributed by atoms with E-state index in [4.69, 9.17) is 20.4 Å². The highest BCUT2D eigenvalue weighted by Gasteiger charge is 2.17. The fourth-order valence-corrected chi connectivity index (χ4v) is 3.31. The molecule has 0 aliphatic rings. The van der Waals surface area contributed by atoms with Crippen molar-refractivity contribution in [3.8, 4) is 22.9 Å². The molecule has 0 radical (unpaired) electrons. The van der Waals surface area contributed by atoms with Crippen molar-refractivity contribution >= 4 is 33.3 Å². The Bertz CT molecular complexity index is 1370. The van der Waals surface area contributed by atoms with Crippen molar-refractivity contribution in [2.45, 2.75) is 0 Å². The van der Waals surface area contributed by atoms with Crippen LogP contribution in [0.25, 0.3) is 44.7 Å². The second-order valence-corrected chi connectivity index (χ2v) is 6.45. The van der Waals surface area contributed by atoms with E-state index in [2.05, 4.69) is 10.2 Å². The van der Waals surface area contributed by atoms with Gasteiger partial charge < -0.3 is 8.83 Å². The lowest BCUT2D eigenvalue weighted by atomic mass is 10.0. The fourth-order valence-electron chi connectivity index (χ4n) is 3.10. The summed E-state index contributed by atoms with van der Waals surface area (Å²) in [6.07, 6.45) is 0. The van der Waals surface area contributed by atoms with Crippen LogP contribution in [0.3, 0.4) is 0 Å². The van der Waals surface area contributed by atoms with Crippen LogP contribution in [0.1, 0.15) is 0 Å². The Balaban J connectivity index is 1.71. The third-order valence-electron chi connectivity index (χ3n) is 4.40. The number of rotatable bonds is 2. The molecule has 5 nitrogen and oxygen atoms in total. The molecule has 0 fully saturated rings. The molecule has 0 amide bonds. The highest BCUT2D eigenvalue weighted by molar-refractivity contribution is 6.33. The van der Waals surface area contributed by atoms with Crippen LogP contribution in [-0.2, 0) is 0 Å². The summed E-state index contributed by atoms with van der Waals surface area (Å²) in [5.74, 6) is 0.335. The van der Waals surface area contributed by atoms with Gasteiger partial charge in [-0.1, -0.05) is 54.1 Å². The molecule has 27 heavy (non-hydrogen) atoms. The Kier molecular flexibility index (Phi) is 3.55. The molecule has 6 heteroatoms. The SMILES string of the molecule is O=c1oc2ccc3ccccc3c2cc1-c1nnc(-c2ccccc2Cl)o1. The molecule has 5 aromatic rings. The number of nitrogens with zero attached hydrogens (tertiary/aromatic N) is 2. The molecular weight excluding hydrogens is 364 g/mol. The number of halogens is 1. The molecule has 3 aromatic carbocycles. The molecule has 0 aliphatic heterocycles. The lowest BCUT2D eigenvalue weighted by Crippen LogP contribution is -2.03. The van der Waals surface area contributed by atoms with Crippen molar-refractivity contribution in [3.05, 3.63) is 82.2 Å². The highest BCUT2D eigenvalue weighted by atomic mass is 35.5. The predicted octanol–water partition coefficient (Wildman–Crippen LogP) is 5.32. The topological polar surface area (TPSA) is 69.1 Å². The lowest BCUT2D eigenvalue weighted by molar-refractivity contribution is 0.547. The first-order valence-electron chi connectivity index (χ1n) is 8.25. The first-order valence-corrected chi connectivity index (χ1v) is 8.63. The predicted molar refractivity (Wildman–Crippen MR) is 104 cm³/mol. The maximum absolute atomic E-state index is 12.5.